The van der Waals surface area contributed by atoms with E-state index in [-0.39, 0.29) is 17.9 Å². The third-order valence-electron chi connectivity index (χ3n) is 2.46. The zero-order valence-corrected chi connectivity index (χ0v) is 10.1. The highest BCUT2D eigenvalue weighted by molar-refractivity contribution is 5.94. The van der Waals surface area contributed by atoms with E-state index in [9.17, 15) is 4.79 Å². The number of carbonyl (C=O) groups is 1. The van der Waals surface area contributed by atoms with Gasteiger partial charge in [0.15, 0.2) is 0 Å². The lowest BCUT2D eigenvalue weighted by atomic mass is 9.94. The minimum Gasteiger partial charge on any atom is -0.396 e. The van der Waals surface area contributed by atoms with Crippen LogP contribution in [-0.2, 0) is 0 Å². The molecular weight excluding hydrogens is 202 g/mol. The summed E-state index contributed by atoms with van der Waals surface area (Å²) in [5, 5.41) is 9.16. The molecule has 0 unspecified atom stereocenters. The standard InChI is InChI=1S/C13H19NO2/c1-13(2,10-15)9-14(3)12(16)11-7-5-4-6-8-11/h4-8,15H,9-10H2,1-3H3. The Bertz CT molecular complexity index is 346. The van der Waals surface area contributed by atoms with Gasteiger partial charge in [0.2, 0.25) is 0 Å². The van der Waals surface area contributed by atoms with Crippen molar-refractivity contribution in [2.75, 3.05) is 20.2 Å². The second-order valence-corrected chi connectivity index (χ2v) is 4.85. The predicted octanol–water partition coefficient (Wildman–Crippen LogP) is 1.78. The van der Waals surface area contributed by atoms with Gasteiger partial charge in [-0.25, -0.2) is 0 Å². The van der Waals surface area contributed by atoms with Gasteiger partial charge in [-0.1, -0.05) is 32.0 Å². The molecule has 0 aromatic heterocycles. The maximum Gasteiger partial charge on any atom is 0.253 e. The maximum absolute atomic E-state index is 12.0. The molecule has 0 saturated heterocycles. The molecule has 1 aromatic rings. The van der Waals surface area contributed by atoms with Crippen molar-refractivity contribution < 1.29 is 9.90 Å². The largest absolute Gasteiger partial charge is 0.396 e. The molecule has 3 heteroatoms. The molecule has 0 heterocycles. The zero-order valence-electron chi connectivity index (χ0n) is 10.1. The molecule has 0 aliphatic heterocycles. The van der Waals surface area contributed by atoms with Gasteiger partial charge in [-0.3, -0.25) is 4.79 Å². The Hall–Kier alpha value is -1.35. The first-order chi connectivity index (χ1) is 7.46. The molecule has 1 rings (SSSR count). The summed E-state index contributed by atoms with van der Waals surface area (Å²) in [5.41, 5.74) is 0.415. The summed E-state index contributed by atoms with van der Waals surface area (Å²) in [5.74, 6) is -0.0119. The molecule has 0 saturated carbocycles. The van der Waals surface area contributed by atoms with Crippen LogP contribution in [0.15, 0.2) is 30.3 Å². The second kappa shape index (κ2) is 5.12. The van der Waals surface area contributed by atoms with E-state index in [1.165, 1.54) is 0 Å². The predicted molar refractivity (Wildman–Crippen MR) is 64.3 cm³/mol. The highest BCUT2D eigenvalue weighted by atomic mass is 16.3. The molecule has 1 N–H and O–H groups in total. The fourth-order valence-electron chi connectivity index (χ4n) is 1.56. The van der Waals surface area contributed by atoms with Gasteiger partial charge in [0.1, 0.15) is 0 Å². The topological polar surface area (TPSA) is 40.5 Å². The van der Waals surface area contributed by atoms with Gasteiger partial charge in [-0.15, -0.1) is 0 Å². The molecule has 0 radical (unpaired) electrons. The summed E-state index contributed by atoms with van der Waals surface area (Å²) in [4.78, 5) is 13.6. The lowest BCUT2D eigenvalue weighted by molar-refractivity contribution is 0.0663. The van der Waals surface area contributed by atoms with Crippen LogP contribution in [0.3, 0.4) is 0 Å². The van der Waals surface area contributed by atoms with Crippen LogP contribution >= 0.6 is 0 Å². The Kier molecular flexibility index (Phi) is 4.07. The Morgan fingerprint density at radius 3 is 2.38 bits per heavy atom. The third-order valence-corrected chi connectivity index (χ3v) is 2.46. The summed E-state index contributed by atoms with van der Waals surface area (Å²) < 4.78 is 0. The number of aliphatic hydroxyl groups is 1. The summed E-state index contributed by atoms with van der Waals surface area (Å²) in [7, 11) is 1.76. The second-order valence-electron chi connectivity index (χ2n) is 4.85. The third kappa shape index (κ3) is 3.35. The van der Waals surface area contributed by atoms with Crippen molar-refractivity contribution in [1.82, 2.24) is 4.90 Å². The molecular formula is C13H19NO2. The van der Waals surface area contributed by atoms with Gasteiger partial charge in [0, 0.05) is 31.2 Å². The summed E-state index contributed by atoms with van der Waals surface area (Å²) in [6.07, 6.45) is 0. The van der Waals surface area contributed by atoms with E-state index in [0.717, 1.165) is 0 Å². The highest BCUT2D eigenvalue weighted by Gasteiger charge is 2.22. The Morgan fingerprint density at radius 1 is 1.31 bits per heavy atom. The molecule has 1 amide bonds. The van der Waals surface area contributed by atoms with E-state index in [2.05, 4.69) is 0 Å². The molecule has 3 nitrogen and oxygen atoms in total. The number of carbonyl (C=O) groups excluding carboxylic acids is 1. The molecule has 0 aliphatic rings. The smallest absolute Gasteiger partial charge is 0.253 e. The molecule has 1 aromatic carbocycles. The van der Waals surface area contributed by atoms with Crippen LogP contribution in [0, 0.1) is 5.41 Å². The quantitative estimate of drug-likeness (QED) is 0.842. The van der Waals surface area contributed by atoms with Crippen molar-refractivity contribution in [2.24, 2.45) is 5.41 Å². The average Bonchev–Trinajstić information content (AvgIpc) is 2.28. The van der Waals surface area contributed by atoms with Crippen LogP contribution < -0.4 is 0 Å². The van der Waals surface area contributed by atoms with E-state index in [0.29, 0.717) is 12.1 Å². The van der Waals surface area contributed by atoms with Crippen molar-refractivity contribution in [1.29, 1.82) is 0 Å². The lowest BCUT2D eigenvalue weighted by Crippen LogP contribution is -2.37. The Labute approximate surface area is 96.7 Å². The van der Waals surface area contributed by atoms with Crippen molar-refractivity contribution in [2.45, 2.75) is 13.8 Å². The normalized spacial score (nSPS) is 11.2. The first-order valence-electron chi connectivity index (χ1n) is 5.38. The number of aliphatic hydroxyl groups excluding tert-OH is 1. The van der Waals surface area contributed by atoms with Gasteiger partial charge in [0.05, 0.1) is 0 Å². The van der Waals surface area contributed by atoms with Crippen molar-refractivity contribution in [3.8, 4) is 0 Å². The first-order valence-corrected chi connectivity index (χ1v) is 5.38. The van der Waals surface area contributed by atoms with Crippen LogP contribution in [0.1, 0.15) is 24.2 Å². The monoisotopic (exact) mass is 221 g/mol. The minimum atomic E-state index is -0.265. The van der Waals surface area contributed by atoms with Crippen molar-refractivity contribution >= 4 is 5.91 Å². The van der Waals surface area contributed by atoms with Gasteiger partial charge in [-0.05, 0) is 12.1 Å². The van der Waals surface area contributed by atoms with Crippen LogP contribution in [0.5, 0.6) is 0 Å². The molecule has 16 heavy (non-hydrogen) atoms. The number of rotatable bonds is 4. The fourth-order valence-corrected chi connectivity index (χ4v) is 1.56. The number of benzene rings is 1. The highest BCUT2D eigenvalue weighted by Crippen LogP contribution is 2.16. The first kappa shape index (κ1) is 12.7. The fraction of sp³-hybridized carbons (Fsp3) is 0.462. The number of hydrogen-bond donors (Lipinski definition) is 1. The average molecular weight is 221 g/mol. The summed E-state index contributed by atoms with van der Waals surface area (Å²) >= 11 is 0. The van der Waals surface area contributed by atoms with E-state index in [1.54, 1.807) is 24.1 Å². The molecule has 0 atom stereocenters. The number of amides is 1. The van der Waals surface area contributed by atoms with Crippen molar-refractivity contribution in [3.05, 3.63) is 35.9 Å². The van der Waals surface area contributed by atoms with E-state index >= 15 is 0 Å². The molecule has 0 fully saturated rings. The van der Waals surface area contributed by atoms with E-state index in [1.807, 2.05) is 32.0 Å². The number of hydrogen-bond acceptors (Lipinski definition) is 2. The maximum atomic E-state index is 12.0. The summed E-state index contributed by atoms with van der Waals surface area (Å²) in [6.45, 7) is 4.47. The molecule has 0 spiro atoms. The molecule has 0 bridgehead atoms. The van der Waals surface area contributed by atoms with Gasteiger partial charge in [0.25, 0.3) is 5.91 Å². The lowest BCUT2D eigenvalue weighted by Gasteiger charge is -2.28. The Balaban J connectivity index is 2.69. The summed E-state index contributed by atoms with van der Waals surface area (Å²) in [6, 6.07) is 9.17. The van der Waals surface area contributed by atoms with Crippen LogP contribution in [0.2, 0.25) is 0 Å². The SMILES string of the molecule is CN(CC(C)(C)CO)C(=O)c1ccccc1. The van der Waals surface area contributed by atoms with Crippen LogP contribution in [-0.4, -0.2) is 36.1 Å². The minimum absolute atomic E-state index is 0.0119. The Morgan fingerprint density at radius 2 is 1.88 bits per heavy atom. The van der Waals surface area contributed by atoms with Crippen LogP contribution in [0.4, 0.5) is 0 Å². The van der Waals surface area contributed by atoms with Gasteiger partial charge < -0.3 is 10.0 Å². The van der Waals surface area contributed by atoms with E-state index < -0.39 is 0 Å². The zero-order chi connectivity index (χ0) is 12.2. The molecule has 0 aliphatic carbocycles. The number of nitrogens with zero attached hydrogens (tertiary/aromatic N) is 1. The van der Waals surface area contributed by atoms with Crippen LogP contribution in [0.25, 0.3) is 0 Å². The molecule has 88 valence electrons. The van der Waals surface area contributed by atoms with Crippen molar-refractivity contribution in [3.63, 3.8) is 0 Å². The van der Waals surface area contributed by atoms with Gasteiger partial charge in [-0.2, -0.15) is 0 Å². The van der Waals surface area contributed by atoms with Gasteiger partial charge >= 0.3 is 0 Å². The van der Waals surface area contributed by atoms with E-state index in [4.69, 9.17) is 5.11 Å².